The van der Waals surface area contributed by atoms with Crippen LogP contribution in [0.15, 0.2) is 41.3 Å². The first-order chi connectivity index (χ1) is 11.7. The summed E-state index contributed by atoms with van der Waals surface area (Å²) >= 11 is 6.39. The van der Waals surface area contributed by atoms with E-state index in [0.29, 0.717) is 42.0 Å². The molecule has 1 atom stereocenters. The first-order valence-electron chi connectivity index (χ1n) is 8.03. The number of anilines is 1. The molecular formula is C18H18ClNO3S. The summed E-state index contributed by atoms with van der Waals surface area (Å²) in [6.07, 6.45) is 0.853. The molecule has 1 unspecified atom stereocenters. The number of ether oxygens (including phenoxy) is 2. The Morgan fingerprint density at radius 2 is 2.00 bits per heavy atom. The van der Waals surface area contributed by atoms with E-state index in [1.807, 2.05) is 36.4 Å². The topological polar surface area (TPSA) is 38.8 Å². The van der Waals surface area contributed by atoms with Crippen LogP contribution in [-0.4, -0.2) is 29.7 Å². The Labute approximate surface area is 148 Å². The molecule has 0 aromatic heterocycles. The molecule has 4 rings (SSSR count). The zero-order valence-electron chi connectivity index (χ0n) is 13.2. The molecule has 6 heteroatoms. The van der Waals surface area contributed by atoms with Crippen molar-refractivity contribution >= 4 is 28.1 Å². The van der Waals surface area contributed by atoms with Gasteiger partial charge in [-0.3, -0.25) is 4.21 Å². The van der Waals surface area contributed by atoms with E-state index in [1.165, 1.54) is 0 Å². The summed E-state index contributed by atoms with van der Waals surface area (Å²) in [5, 5.41) is 0.582. The maximum atomic E-state index is 12.2. The molecule has 0 amide bonds. The first-order valence-corrected chi connectivity index (χ1v) is 9.72. The van der Waals surface area contributed by atoms with Gasteiger partial charge in [0, 0.05) is 25.3 Å². The summed E-state index contributed by atoms with van der Waals surface area (Å²) < 4.78 is 23.6. The summed E-state index contributed by atoms with van der Waals surface area (Å²) in [6.45, 7) is 2.72. The van der Waals surface area contributed by atoms with Crippen molar-refractivity contribution in [1.29, 1.82) is 0 Å². The molecule has 0 saturated heterocycles. The minimum atomic E-state index is -0.915. The van der Waals surface area contributed by atoms with Gasteiger partial charge in [0.05, 0.1) is 39.6 Å². The van der Waals surface area contributed by atoms with Crippen LogP contribution in [0.3, 0.4) is 0 Å². The fourth-order valence-electron chi connectivity index (χ4n) is 3.09. The molecule has 2 aliphatic heterocycles. The second-order valence-corrected chi connectivity index (χ2v) is 7.84. The van der Waals surface area contributed by atoms with Crippen molar-refractivity contribution in [3.63, 3.8) is 0 Å². The lowest BCUT2D eigenvalue weighted by atomic mass is 10.1. The molecule has 0 fully saturated rings. The van der Waals surface area contributed by atoms with Gasteiger partial charge in [0.25, 0.3) is 0 Å². The molecule has 2 aliphatic rings. The van der Waals surface area contributed by atoms with Gasteiger partial charge in [-0.15, -0.1) is 0 Å². The number of fused-ring (bicyclic) bond motifs is 2. The normalized spacial score (nSPS) is 19.5. The fourth-order valence-corrected chi connectivity index (χ4v) is 4.65. The van der Waals surface area contributed by atoms with E-state index in [0.717, 1.165) is 29.1 Å². The summed E-state index contributed by atoms with van der Waals surface area (Å²) in [7, 11) is -0.915. The third-order valence-electron chi connectivity index (χ3n) is 4.23. The number of rotatable bonds is 2. The van der Waals surface area contributed by atoms with Gasteiger partial charge in [0.2, 0.25) is 0 Å². The van der Waals surface area contributed by atoms with Gasteiger partial charge >= 0.3 is 0 Å². The van der Waals surface area contributed by atoms with Crippen LogP contribution in [0.5, 0.6) is 11.5 Å². The molecule has 24 heavy (non-hydrogen) atoms. The summed E-state index contributed by atoms with van der Waals surface area (Å²) in [6, 6.07) is 11.8. The van der Waals surface area contributed by atoms with E-state index < -0.39 is 10.8 Å². The highest BCUT2D eigenvalue weighted by molar-refractivity contribution is 7.85. The average Bonchev–Trinajstić information content (AvgIpc) is 2.84. The predicted molar refractivity (Wildman–Crippen MR) is 95.8 cm³/mol. The standard InChI is InChI=1S/C18H18ClNO3S/c19-14-10-13(11-16-18(14)23-8-3-7-22-16)12-20-6-9-24(21)17-5-2-1-4-15(17)20/h1-2,4-5,10-11H,3,6-9,12H2. The van der Waals surface area contributed by atoms with Crippen molar-refractivity contribution in [2.75, 3.05) is 30.4 Å². The zero-order valence-corrected chi connectivity index (χ0v) is 14.7. The minimum absolute atomic E-state index is 0.582. The van der Waals surface area contributed by atoms with Gasteiger partial charge in [-0.1, -0.05) is 23.7 Å². The van der Waals surface area contributed by atoms with Crippen molar-refractivity contribution in [2.24, 2.45) is 0 Å². The van der Waals surface area contributed by atoms with Gasteiger partial charge in [0.15, 0.2) is 11.5 Å². The van der Waals surface area contributed by atoms with Crippen LogP contribution in [0.4, 0.5) is 5.69 Å². The van der Waals surface area contributed by atoms with Crippen molar-refractivity contribution in [1.82, 2.24) is 0 Å². The monoisotopic (exact) mass is 363 g/mol. The highest BCUT2D eigenvalue weighted by Gasteiger charge is 2.23. The number of nitrogens with zero attached hydrogens (tertiary/aromatic N) is 1. The molecular weight excluding hydrogens is 346 g/mol. The molecule has 0 radical (unpaired) electrons. The maximum Gasteiger partial charge on any atom is 0.179 e. The summed E-state index contributed by atoms with van der Waals surface area (Å²) in [5.74, 6) is 2.00. The van der Waals surface area contributed by atoms with Crippen molar-refractivity contribution in [3.8, 4) is 11.5 Å². The van der Waals surface area contributed by atoms with E-state index in [9.17, 15) is 4.21 Å². The van der Waals surface area contributed by atoms with Gasteiger partial charge in [-0.25, -0.2) is 0 Å². The van der Waals surface area contributed by atoms with E-state index in [-0.39, 0.29) is 0 Å². The molecule has 126 valence electrons. The second kappa shape index (κ2) is 6.65. The van der Waals surface area contributed by atoms with Crippen LogP contribution in [0.2, 0.25) is 5.02 Å². The number of hydrogen-bond acceptors (Lipinski definition) is 4. The van der Waals surface area contributed by atoms with Crippen LogP contribution in [0, 0.1) is 0 Å². The SMILES string of the molecule is O=S1CCN(Cc2cc(Cl)c3c(c2)OCCCO3)c2ccccc21. The van der Waals surface area contributed by atoms with Crippen LogP contribution in [0.1, 0.15) is 12.0 Å². The Hall–Kier alpha value is -1.72. The lowest BCUT2D eigenvalue weighted by molar-refractivity contribution is 0.297. The fraction of sp³-hybridized carbons (Fsp3) is 0.333. The Bertz CT molecular complexity index is 796. The molecule has 2 aromatic carbocycles. The summed E-state index contributed by atoms with van der Waals surface area (Å²) in [4.78, 5) is 3.15. The number of benzene rings is 2. The maximum absolute atomic E-state index is 12.2. The van der Waals surface area contributed by atoms with Gasteiger partial charge < -0.3 is 14.4 Å². The number of halogens is 1. The zero-order chi connectivity index (χ0) is 16.5. The molecule has 2 heterocycles. The van der Waals surface area contributed by atoms with Gasteiger partial charge in [-0.05, 0) is 29.8 Å². The van der Waals surface area contributed by atoms with E-state index >= 15 is 0 Å². The lowest BCUT2D eigenvalue weighted by Gasteiger charge is -2.31. The molecule has 0 spiro atoms. The average molecular weight is 364 g/mol. The Balaban J connectivity index is 1.65. The quantitative estimate of drug-likeness (QED) is 0.816. The Morgan fingerprint density at radius 3 is 2.92 bits per heavy atom. The smallest absolute Gasteiger partial charge is 0.179 e. The highest BCUT2D eigenvalue weighted by atomic mass is 35.5. The molecule has 0 aliphatic carbocycles. The van der Waals surface area contributed by atoms with Crippen LogP contribution in [-0.2, 0) is 17.3 Å². The predicted octanol–water partition coefficient (Wildman–Crippen LogP) is 3.63. The van der Waals surface area contributed by atoms with Crippen molar-refractivity contribution < 1.29 is 13.7 Å². The van der Waals surface area contributed by atoms with Crippen molar-refractivity contribution in [3.05, 3.63) is 47.0 Å². The molecule has 0 saturated carbocycles. The van der Waals surface area contributed by atoms with Gasteiger partial charge in [-0.2, -0.15) is 0 Å². The van der Waals surface area contributed by atoms with Crippen LogP contribution in [0.25, 0.3) is 0 Å². The molecule has 4 nitrogen and oxygen atoms in total. The number of para-hydroxylation sites is 1. The Kier molecular flexibility index (Phi) is 4.37. The Morgan fingerprint density at radius 1 is 1.17 bits per heavy atom. The molecule has 2 aromatic rings. The van der Waals surface area contributed by atoms with E-state index in [2.05, 4.69) is 4.90 Å². The first kappa shape index (κ1) is 15.8. The highest BCUT2D eigenvalue weighted by Crippen LogP contribution is 2.39. The van der Waals surface area contributed by atoms with Crippen molar-refractivity contribution in [2.45, 2.75) is 17.9 Å². The molecule has 0 N–H and O–H groups in total. The van der Waals surface area contributed by atoms with Crippen LogP contribution >= 0.6 is 11.6 Å². The summed E-state index contributed by atoms with van der Waals surface area (Å²) in [5.41, 5.74) is 2.09. The van der Waals surface area contributed by atoms with Gasteiger partial charge in [0.1, 0.15) is 0 Å². The van der Waals surface area contributed by atoms with Crippen LogP contribution < -0.4 is 14.4 Å². The second-order valence-electron chi connectivity index (χ2n) is 5.89. The third-order valence-corrected chi connectivity index (χ3v) is 5.90. The lowest BCUT2D eigenvalue weighted by Crippen LogP contribution is -2.32. The van der Waals surface area contributed by atoms with E-state index in [4.69, 9.17) is 21.1 Å². The minimum Gasteiger partial charge on any atom is -0.489 e. The van der Waals surface area contributed by atoms with E-state index in [1.54, 1.807) is 0 Å². The largest absolute Gasteiger partial charge is 0.489 e. The third kappa shape index (κ3) is 2.98. The number of hydrogen-bond donors (Lipinski definition) is 0. The molecule has 0 bridgehead atoms.